The Morgan fingerprint density at radius 2 is 0.884 bits per heavy atom. The quantitative estimate of drug-likeness (QED) is 0.0505. The zero-order valence-corrected chi connectivity index (χ0v) is 29.0. The maximum absolute atomic E-state index is 12.3. The number of hydrogen-bond acceptors (Lipinski definition) is 3. The lowest BCUT2D eigenvalue weighted by Gasteiger charge is -2.19. The van der Waals surface area contributed by atoms with Crippen molar-refractivity contribution in [2.24, 2.45) is 0 Å². The molecule has 0 saturated heterocycles. The number of rotatable bonds is 34. The number of amides is 1. The minimum atomic E-state index is -0.841. The Kier molecular flexibility index (Phi) is 34.4. The molecule has 0 aromatic rings. The highest BCUT2D eigenvalue weighted by Crippen LogP contribution is 2.14. The molecule has 4 nitrogen and oxygen atoms in total. The monoisotopic (exact) mass is 606 g/mol. The molecule has 0 heterocycles. The van der Waals surface area contributed by atoms with Crippen LogP contribution in [0.3, 0.4) is 0 Å². The fourth-order valence-electron chi connectivity index (χ4n) is 5.70. The Morgan fingerprint density at radius 1 is 0.535 bits per heavy atom. The van der Waals surface area contributed by atoms with Crippen molar-refractivity contribution in [1.82, 2.24) is 5.32 Å². The largest absolute Gasteiger partial charge is 0.394 e. The highest BCUT2D eigenvalue weighted by molar-refractivity contribution is 5.76. The van der Waals surface area contributed by atoms with Gasteiger partial charge < -0.3 is 15.5 Å². The molecule has 0 aromatic carbocycles. The SMILES string of the molecule is CCCCCCCC/C=C\CCCCCC(=O)NC(CO)C(O)/C=C/CCCCCCCCCCCCCCCCCC. The summed E-state index contributed by atoms with van der Waals surface area (Å²) < 4.78 is 0. The summed E-state index contributed by atoms with van der Waals surface area (Å²) in [5, 5.41) is 22.9. The summed E-state index contributed by atoms with van der Waals surface area (Å²) in [6.45, 7) is 4.29. The van der Waals surface area contributed by atoms with Gasteiger partial charge in [0, 0.05) is 6.42 Å². The Balaban J connectivity index is 3.62. The Bertz CT molecular complexity index is 618. The van der Waals surface area contributed by atoms with Gasteiger partial charge in [-0.2, -0.15) is 0 Å². The van der Waals surface area contributed by atoms with Crippen LogP contribution in [0.15, 0.2) is 24.3 Å². The normalized spacial score (nSPS) is 13.3. The molecule has 1 amide bonds. The van der Waals surface area contributed by atoms with Crippen LogP contribution in [0.4, 0.5) is 0 Å². The summed E-state index contributed by atoms with van der Waals surface area (Å²) >= 11 is 0. The van der Waals surface area contributed by atoms with Gasteiger partial charge in [-0.1, -0.05) is 173 Å². The van der Waals surface area contributed by atoms with Crippen LogP contribution in [0.2, 0.25) is 0 Å². The van der Waals surface area contributed by atoms with Crippen LogP contribution in [0.5, 0.6) is 0 Å². The van der Waals surface area contributed by atoms with Crippen molar-refractivity contribution in [2.45, 2.75) is 212 Å². The van der Waals surface area contributed by atoms with Crippen molar-refractivity contribution < 1.29 is 15.0 Å². The van der Waals surface area contributed by atoms with Crippen molar-refractivity contribution in [3.63, 3.8) is 0 Å². The predicted molar refractivity (Wildman–Crippen MR) is 189 cm³/mol. The summed E-state index contributed by atoms with van der Waals surface area (Å²) in [5.41, 5.74) is 0. The van der Waals surface area contributed by atoms with Crippen LogP contribution >= 0.6 is 0 Å². The number of aliphatic hydroxyl groups excluding tert-OH is 2. The summed E-state index contributed by atoms with van der Waals surface area (Å²) in [6.07, 6.45) is 44.1. The van der Waals surface area contributed by atoms with Gasteiger partial charge in [-0.25, -0.2) is 0 Å². The number of carbonyl (C=O) groups is 1. The smallest absolute Gasteiger partial charge is 0.220 e. The molecule has 0 aliphatic carbocycles. The van der Waals surface area contributed by atoms with E-state index in [4.69, 9.17) is 0 Å². The Morgan fingerprint density at radius 3 is 1.28 bits per heavy atom. The Labute approximate surface area is 269 Å². The first-order valence-corrected chi connectivity index (χ1v) is 19.1. The molecule has 4 heteroatoms. The molecule has 0 bridgehead atoms. The number of hydrogen-bond donors (Lipinski definition) is 3. The van der Waals surface area contributed by atoms with E-state index in [0.29, 0.717) is 6.42 Å². The van der Waals surface area contributed by atoms with E-state index in [1.807, 2.05) is 6.08 Å². The summed E-state index contributed by atoms with van der Waals surface area (Å²) in [6, 6.07) is -0.626. The lowest BCUT2D eigenvalue weighted by atomic mass is 10.0. The highest BCUT2D eigenvalue weighted by Gasteiger charge is 2.17. The predicted octanol–water partition coefficient (Wildman–Crippen LogP) is 11.3. The molecular formula is C39H75NO3. The van der Waals surface area contributed by atoms with E-state index in [9.17, 15) is 15.0 Å². The van der Waals surface area contributed by atoms with E-state index in [0.717, 1.165) is 38.5 Å². The first-order valence-electron chi connectivity index (χ1n) is 19.1. The summed E-state index contributed by atoms with van der Waals surface area (Å²) in [4.78, 5) is 12.3. The van der Waals surface area contributed by atoms with Gasteiger partial charge >= 0.3 is 0 Å². The van der Waals surface area contributed by atoms with Gasteiger partial charge in [-0.15, -0.1) is 0 Å². The minimum absolute atomic E-state index is 0.0806. The first kappa shape index (κ1) is 41.9. The van der Waals surface area contributed by atoms with Crippen LogP contribution in [0.1, 0.15) is 200 Å². The van der Waals surface area contributed by atoms with Crippen molar-refractivity contribution in [2.75, 3.05) is 6.61 Å². The van der Waals surface area contributed by atoms with Gasteiger partial charge in [0.05, 0.1) is 18.8 Å². The van der Waals surface area contributed by atoms with Crippen molar-refractivity contribution in [3.05, 3.63) is 24.3 Å². The molecule has 0 aromatic heterocycles. The molecule has 0 saturated carbocycles. The molecule has 0 aliphatic rings. The molecule has 0 rings (SSSR count). The Hall–Kier alpha value is -1.13. The lowest BCUT2D eigenvalue weighted by molar-refractivity contribution is -0.123. The second kappa shape index (κ2) is 35.4. The van der Waals surface area contributed by atoms with Crippen molar-refractivity contribution in [1.29, 1.82) is 0 Å². The second-order valence-corrected chi connectivity index (χ2v) is 13.0. The molecule has 43 heavy (non-hydrogen) atoms. The maximum Gasteiger partial charge on any atom is 0.220 e. The molecular weight excluding hydrogens is 530 g/mol. The van der Waals surface area contributed by atoms with Crippen LogP contribution in [0, 0.1) is 0 Å². The molecule has 0 aliphatic heterocycles. The average Bonchev–Trinajstić information content (AvgIpc) is 3.01. The number of allylic oxidation sites excluding steroid dienone is 3. The van der Waals surface area contributed by atoms with E-state index < -0.39 is 12.1 Å². The molecule has 0 radical (unpaired) electrons. The van der Waals surface area contributed by atoms with E-state index in [-0.39, 0.29) is 12.5 Å². The van der Waals surface area contributed by atoms with Crippen molar-refractivity contribution >= 4 is 5.91 Å². The van der Waals surface area contributed by atoms with Gasteiger partial charge in [0.25, 0.3) is 0 Å². The number of aliphatic hydroxyl groups is 2. The standard InChI is InChI=1S/C39H75NO3/c1-3-5-7-9-11-13-15-17-18-19-20-21-23-24-26-28-30-32-34-38(42)37(36-41)40-39(43)35-33-31-29-27-25-22-16-14-12-10-8-6-4-2/h22,25,32,34,37-38,41-42H,3-21,23-24,26-31,33,35-36H2,1-2H3,(H,40,43)/b25-22-,34-32+. The highest BCUT2D eigenvalue weighted by atomic mass is 16.3. The molecule has 2 atom stereocenters. The number of unbranched alkanes of at least 4 members (excludes halogenated alkanes) is 25. The van der Waals surface area contributed by atoms with Gasteiger partial charge in [-0.3, -0.25) is 4.79 Å². The topological polar surface area (TPSA) is 69.6 Å². The number of carbonyl (C=O) groups excluding carboxylic acids is 1. The molecule has 3 N–H and O–H groups in total. The average molecular weight is 606 g/mol. The van der Waals surface area contributed by atoms with Crippen LogP contribution < -0.4 is 5.32 Å². The van der Waals surface area contributed by atoms with Crippen molar-refractivity contribution in [3.8, 4) is 0 Å². The number of nitrogens with one attached hydrogen (secondary N) is 1. The van der Waals surface area contributed by atoms with E-state index in [1.54, 1.807) is 6.08 Å². The minimum Gasteiger partial charge on any atom is -0.394 e. The van der Waals surface area contributed by atoms with Crippen LogP contribution in [-0.4, -0.2) is 34.9 Å². The van der Waals surface area contributed by atoms with Crippen LogP contribution in [0.25, 0.3) is 0 Å². The van der Waals surface area contributed by atoms with Gasteiger partial charge in [-0.05, 0) is 44.9 Å². The summed E-state index contributed by atoms with van der Waals surface area (Å²) in [5.74, 6) is -0.0806. The fraction of sp³-hybridized carbons (Fsp3) is 0.872. The molecule has 0 spiro atoms. The third-order valence-corrected chi connectivity index (χ3v) is 8.68. The van der Waals surface area contributed by atoms with Gasteiger partial charge in [0.2, 0.25) is 5.91 Å². The van der Waals surface area contributed by atoms with Gasteiger partial charge in [0.15, 0.2) is 0 Å². The van der Waals surface area contributed by atoms with E-state index in [2.05, 4.69) is 31.3 Å². The van der Waals surface area contributed by atoms with E-state index in [1.165, 1.54) is 141 Å². The molecule has 2 unspecified atom stereocenters. The second-order valence-electron chi connectivity index (χ2n) is 13.0. The zero-order valence-electron chi connectivity index (χ0n) is 29.0. The third kappa shape index (κ3) is 32.1. The lowest BCUT2D eigenvalue weighted by Crippen LogP contribution is -2.45. The fourth-order valence-corrected chi connectivity index (χ4v) is 5.70. The van der Waals surface area contributed by atoms with E-state index >= 15 is 0 Å². The first-order chi connectivity index (χ1) is 21.2. The zero-order chi connectivity index (χ0) is 31.5. The van der Waals surface area contributed by atoms with Crippen LogP contribution in [-0.2, 0) is 4.79 Å². The third-order valence-electron chi connectivity index (χ3n) is 8.68. The maximum atomic E-state index is 12.3. The molecule has 0 fully saturated rings. The van der Waals surface area contributed by atoms with Gasteiger partial charge in [0.1, 0.15) is 0 Å². The molecule has 254 valence electrons. The summed E-state index contributed by atoms with van der Waals surface area (Å²) in [7, 11) is 0.